The van der Waals surface area contributed by atoms with Crippen molar-refractivity contribution in [2.75, 3.05) is 11.1 Å². The molecule has 0 saturated heterocycles. The number of carbonyl (C=O) groups excluding carboxylic acids is 1. The van der Waals surface area contributed by atoms with Gasteiger partial charge in [0.25, 0.3) is 0 Å². The molecule has 7 nitrogen and oxygen atoms in total. The molecule has 13 heteroatoms. The minimum absolute atomic E-state index is 0.0295. The highest BCUT2D eigenvalue weighted by Crippen LogP contribution is 2.31. The quantitative estimate of drug-likeness (QED) is 0.261. The van der Waals surface area contributed by atoms with E-state index in [0.29, 0.717) is 32.0 Å². The van der Waals surface area contributed by atoms with Crippen molar-refractivity contribution in [2.24, 2.45) is 0 Å². The van der Waals surface area contributed by atoms with Gasteiger partial charge >= 0.3 is 6.18 Å². The molecule has 0 fully saturated rings. The Bertz CT molecular complexity index is 1550. The number of rotatable bonds is 6. The summed E-state index contributed by atoms with van der Waals surface area (Å²) in [6, 6.07) is 10.5. The van der Waals surface area contributed by atoms with E-state index < -0.39 is 11.7 Å². The summed E-state index contributed by atoms with van der Waals surface area (Å²) < 4.78 is 38.7. The highest BCUT2D eigenvalue weighted by atomic mass is 35.5. The molecule has 2 aromatic carbocycles. The van der Waals surface area contributed by atoms with E-state index in [1.807, 2.05) is 6.07 Å². The topological polar surface area (TPSA) is 96.5 Å². The predicted octanol–water partition coefficient (Wildman–Crippen LogP) is 5.96. The Balaban J connectivity index is 1.20. The maximum atomic E-state index is 12.9. The number of carbonyl (C=O) groups is 1. The van der Waals surface area contributed by atoms with Crippen molar-refractivity contribution in [2.45, 2.75) is 17.8 Å². The van der Waals surface area contributed by atoms with E-state index in [-0.39, 0.29) is 18.1 Å². The zero-order valence-corrected chi connectivity index (χ0v) is 19.9. The van der Waals surface area contributed by atoms with Crippen LogP contribution in [-0.2, 0) is 17.4 Å². The number of thioether (sulfide) groups is 1. The van der Waals surface area contributed by atoms with Gasteiger partial charge in [0.15, 0.2) is 10.8 Å². The SMILES string of the molecule is O=C(CSc1nnc2c(n1)[nH]c1ccc(Cl)cc12)Nc1ncc(Cc2cccc(C(F)(F)F)c2)s1. The van der Waals surface area contributed by atoms with Crippen molar-refractivity contribution < 1.29 is 18.0 Å². The van der Waals surface area contributed by atoms with E-state index in [2.05, 4.69) is 30.5 Å². The molecule has 0 aliphatic carbocycles. The second-order valence-corrected chi connectivity index (χ2v) is 9.94. The maximum absolute atomic E-state index is 12.9. The van der Waals surface area contributed by atoms with Crippen molar-refractivity contribution in [1.82, 2.24) is 25.1 Å². The molecule has 1 amide bonds. The average Bonchev–Trinajstić information content (AvgIpc) is 3.40. The maximum Gasteiger partial charge on any atom is 0.416 e. The lowest BCUT2D eigenvalue weighted by Crippen LogP contribution is -2.14. The molecule has 0 aliphatic rings. The molecule has 0 bridgehead atoms. The van der Waals surface area contributed by atoms with Crippen LogP contribution in [0.25, 0.3) is 22.1 Å². The van der Waals surface area contributed by atoms with Crippen LogP contribution in [0, 0.1) is 0 Å². The van der Waals surface area contributed by atoms with Crippen LogP contribution in [0.4, 0.5) is 18.3 Å². The highest BCUT2D eigenvalue weighted by molar-refractivity contribution is 7.99. The lowest BCUT2D eigenvalue weighted by atomic mass is 10.1. The number of anilines is 1. The molecule has 5 rings (SSSR count). The smallest absolute Gasteiger partial charge is 0.338 e. The molecule has 0 atom stereocenters. The summed E-state index contributed by atoms with van der Waals surface area (Å²) in [5, 5.41) is 13.0. The van der Waals surface area contributed by atoms with E-state index in [9.17, 15) is 18.0 Å². The number of nitrogens with one attached hydrogen (secondary N) is 2. The van der Waals surface area contributed by atoms with Crippen molar-refractivity contribution in [3.8, 4) is 0 Å². The summed E-state index contributed by atoms with van der Waals surface area (Å²) in [6.45, 7) is 0. The molecule has 5 aromatic rings. The van der Waals surface area contributed by atoms with E-state index in [1.54, 1.807) is 18.2 Å². The fourth-order valence-corrected chi connectivity index (χ4v) is 5.00. The third kappa shape index (κ3) is 5.39. The Morgan fingerprint density at radius 1 is 1.17 bits per heavy atom. The first kappa shape index (κ1) is 23.5. The highest BCUT2D eigenvalue weighted by Gasteiger charge is 2.30. The lowest BCUT2D eigenvalue weighted by molar-refractivity contribution is -0.137. The molecule has 3 heterocycles. The average molecular weight is 535 g/mol. The van der Waals surface area contributed by atoms with Gasteiger partial charge in [0, 0.05) is 33.4 Å². The normalized spacial score (nSPS) is 11.9. The molecule has 0 aliphatic heterocycles. The summed E-state index contributed by atoms with van der Waals surface area (Å²) in [4.78, 5) is 24.8. The van der Waals surface area contributed by atoms with Gasteiger partial charge in [0.05, 0.1) is 11.3 Å². The monoisotopic (exact) mass is 534 g/mol. The summed E-state index contributed by atoms with van der Waals surface area (Å²) in [5.41, 5.74) is 1.77. The fourth-order valence-electron chi connectivity index (χ4n) is 3.38. The first-order valence-electron chi connectivity index (χ1n) is 10.1. The summed E-state index contributed by atoms with van der Waals surface area (Å²) in [6.07, 6.45) is -2.58. The Morgan fingerprint density at radius 2 is 2.03 bits per heavy atom. The van der Waals surface area contributed by atoms with Crippen LogP contribution >= 0.6 is 34.7 Å². The predicted molar refractivity (Wildman–Crippen MR) is 130 cm³/mol. The van der Waals surface area contributed by atoms with Crippen molar-refractivity contribution in [3.63, 3.8) is 0 Å². The van der Waals surface area contributed by atoms with Crippen LogP contribution in [0.1, 0.15) is 16.0 Å². The van der Waals surface area contributed by atoms with Gasteiger partial charge in [-0.15, -0.1) is 21.5 Å². The lowest BCUT2D eigenvalue weighted by Gasteiger charge is -2.07. The van der Waals surface area contributed by atoms with Gasteiger partial charge in [0.1, 0.15) is 5.52 Å². The van der Waals surface area contributed by atoms with Gasteiger partial charge in [0.2, 0.25) is 11.1 Å². The zero-order valence-electron chi connectivity index (χ0n) is 17.6. The molecule has 3 aromatic heterocycles. The number of amides is 1. The molecule has 0 radical (unpaired) electrons. The van der Waals surface area contributed by atoms with Gasteiger partial charge in [-0.2, -0.15) is 13.2 Å². The molecule has 0 spiro atoms. The molecular weight excluding hydrogens is 521 g/mol. The Kier molecular flexibility index (Phi) is 6.34. The summed E-state index contributed by atoms with van der Waals surface area (Å²) in [5.74, 6) is -0.288. The molecule has 2 N–H and O–H groups in total. The number of halogens is 4. The van der Waals surface area contributed by atoms with Crippen LogP contribution in [-0.4, -0.2) is 36.8 Å². The van der Waals surface area contributed by atoms with Crippen LogP contribution in [0.2, 0.25) is 5.02 Å². The Hall–Kier alpha value is -3.22. The number of alkyl halides is 3. The molecule has 0 saturated carbocycles. The van der Waals surface area contributed by atoms with Gasteiger partial charge in [-0.1, -0.05) is 41.6 Å². The van der Waals surface area contributed by atoms with E-state index in [4.69, 9.17) is 11.6 Å². The molecular formula is C22H14ClF3N6OS2. The molecule has 0 unspecified atom stereocenters. The number of aromatic amines is 1. The van der Waals surface area contributed by atoms with Crippen LogP contribution in [0.5, 0.6) is 0 Å². The first-order chi connectivity index (χ1) is 16.7. The third-order valence-corrected chi connectivity index (χ3v) is 6.91. The van der Waals surface area contributed by atoms with Crippen molar-refractivity contribution in [3.05, 3.63) is 69.7 Å². The second kappa shape index (κ2) is 9.44. The second-order valence-electron chi connectivity index (χ2n) is 7.45. The molecule has 178 valence electrons. The van der Waals surface area contributed by atoms with Gasteiger partial charge < -0.3 is 10.3 Å². The minimum Gasteiger partial charge on any atom is -0.338 e. The number of fused-ring (bicyclic) bond motifs is 3. The standard InChI is InChI=1S/C22H14ClF3N6OS2/c23-13-4-5-16-15(8-13)18-19(28-16)30-21(32-31-18)34-10-17(33)29-20-27-9-14(35-20)7-11-2-1-3-12(6-11)22(24,25)26/h1-6,8-9H,7,10H2,(H,27,29,33)(H,28,30,32). The van der Waals surface area contributed by atoms with Gasteiger partial charge in [-0.25, -0.2) is 9.97 Å². The van der Waals surface area contributed by atoms with Gasteiger partial charge in [-0.3, -0.25) is 4.79 Å². The van der Waals surface area contributed by atoms with Crippen molar-refractivity contribution >= 4 is 67.8 Å². The van der Waals surface area contributed by atoms with Crippen molar-refractivity contribution in [1.29, 1.82) is 0 Å². The summed E-state index contributed by atoms with van der Waals surface area (Å²) in [7, 11) is 0. The number of H-pyrrole nitrogens is 1. The number of aromatic nitrogens is 5. The van der Waals surface area contributed by atoms with Crippen LogP contribution in [0.15, 0.2) is 53.8 Å². The molecule has 35 heavy (non-hydrogen) atoms. The van der Waals surface area contributed by atoms with E-state index in [0.717, 1.165) is 39.7 Å². The third-order valence-electron chi connectivity index (χ3n) is 4.92. The first-order valence-corrected chi connectivity index (χ1v) is 12.3. The largest absolute Gasteiger partial charge is 0.416 e. The number of nitrogens with zero attached hydrogens (tertiary/aromatic N) is 4. The number of thiazole rings is 1. The fraction of sp³-hybridized carbons (Fsp3) is 0.136. The van der Waals surface area contributed by atoms with E-state index in [1.165, 1.54) is 23.6 Å². The zero-order chi connectivity index (χ0) is 24.6. The minimum atomic E-state index is -4.40. The summed E-state index contributed by atoms with van der Waals surface area (Å²) >= 11 is 8.37. The Labute approximate surface area is 209 Å². The van der Waals surface area contributed by atoms with Crippen LogP contribution < -0.4 is 5.32 Å². The number of hydrogen-bond donors (Lipinski definition) is 2. The number of hydrogen-bond acceptors (Lipinski definition) is 7. The number of benzene rings is 2. The van der Waals surface area contributed by atoms with Crippen LogP contribution in [0.3, 0.4) is 0 Å². The van der Waals surface area contributed by atoms with E-state index >= 15 is 0 Å². The van der Waals surface area contributed by atoms with Gasteiger partial charge in [-0.05, 0) is 29.8 Å². The Morgan fingerprint density at radius 3 is 2.86 bits per heavy atom.